The Kier molecular flexibility index (Phi) is 3.16. The van der Waals surface area contributed by atoms with Crippen molar-refractivity contribution in [2.24, 2.45) is 0 Å². The first-order valence-corrected chi connectivity index (χ1v) is 7.88. The van der Waals surface area contributed by atoms with E-state index in [2.05, 4.69) is 26.1 Å². The number of aromatic carboxylic acids is 1. The molecule has 4 rings (SSSR count). The minimum absolute atomic E-state index is 0.143. The van der Waals surface area contributed by atoms with Gasteiger partial charge in [-0.1, -0.05) is 12.1 Å². The van der Waals surface area contributed by atoms with E-state index < -0.39 is 5.97 Å². The number of nitrogens with one attached hydrogen (secondary N) is 1. The molecule has 0 saturated carbocycles. The van der Waals surface area contributed by atoms with Crippen molar-refractivity contribution >= 4 is 27.5 Å². The molecule has 0 atom stereocenters. The number of aromatic nitrogens is 3. The molecule has 2 N–H and O–H groups in total. The second-order valence-corrected chi connectivity index (χ2v) is 6.49. The van der Waals surface area contributed by atoms with E-state index in [1.807, 2.05) is 18.2 Å². The Hall–Kier alpha value is -2.25. The molecule has 0 spiro atoms. The van der Waals surface area contributed by atoms with Gasteiger partial charge in [0.15, 0.2) is 5.69 Å². The number of carboxylic acid groups (broad SMARTS) is 1. The summed E-state index contributed by atoms with van der Waals surface area (Å²) in [5, 5.41) is 17.0. The third-order valence-electron chi connectivity index (χ3n) is 3.91. The molecule has 7 heteroatoms. The van der Waals surface area contributed by atoms with Crippen molar-refractivity contribution in [3.63, 3.8) is 0 Å². The molecule has 1 aliphatic heterocycles. The van der Waals surface area contributed by atoms with E-state index in [-0.39, 0.29) is 5.69 Å². The lowest BCUT2D eigenvalue weighted by Gasteiger charge is -2.25. The zero-order valence-corrected chi connectivity index (χ0v) is 12.6. The van der Waals surface area contributed by atoms with Gasteiger partial charge in [0.25, 0.3) is 0 Å². The summed E-state index contributed by atoms with van der Waals surface area (Å²) in [4.78, 5) is 18.1. The van der Waals surface area contributed by atoms with E-state index in [0.29, 0.717) is 6.54 Å². The first kappa shape index (κ1) is 13.4. The Labute approximate surface area is 130 Å². The third kappa shape index (κ3) is 2.28. The number of fused-ring (bicyclic) bond motifs is 2. The summed E-state index contributed by atoms with van der Waals surface area (Å²) in [6, 6.07) is 8.09. The number of carboxylic acids is 1. The third-order valence-corrected chi connectivity index (χ3v) is 4.93. The summed E-state index contributed by atoms with van der Waals surface area (Å²) in [5.41, 5.74) is 2.91. The molecule has 0 aliphatic carbocycles. The summed E-state index contributed by atoms with van der Waals surface area (Å²) in [6.07, 6.45) is 0.792. The van der Waals surface area contributed by atoms with E-state index in [1.54, 1.807) is 11.3 Å². The first-order valence-electron chi connectivity index (χ1n) is 7.07. The van der Waals surface area contributed by atoms with Gasteiger partial charge >= 0.3 is 5.97 Å². The van der Waals surface area contributed by atoms with Crippen molar-refractivity contribution in [3.8, 4) is 0 Å². The minimum Gasteiger partial charge on any atom is -0.476 e. The lowest BCUT2D eigenvalue weighted by molar-refractivity contribution is 0.0687. The van der Waals surface area contributed by atoms with Crippen molar-refractivity contribution in [1.82, 2.24) is 20.1 Å². The molecule has 0 radical (unpaired) electrons. The van der Waals surface area contributed by atoms with E-state index in [0.717, 1.165) is 41.3 Å². The largest absolute Gasteiger partial charge is 0.476 e. The smallest absolute Gasteiger partial charge is 0.356 e. The highest BCUT2D eigenvalue weighted by molar-refractivity contribution is 7.18. The summed E-state index contributed by atoms with van der Waals surface area (Å²) < 4.78 is 1.18. The maximum absolute atomic E-state index is 11.2. The Morgan fingerprint density at radius 3 is 3.09 bits per heavy atom. The van der Waals surface area contributed by atoms with Gasteiger partial charge in [0.2, 0.25) is 0 Å². The summed E-state index contributed by atoms with van der Waals surface area (Å²) >= 11 is 1.69. The van der Waals surface area contributed by atoms with Gasteiger partial charge in [-0.15, -0.1) is 11.3 Å². The van der Waals surface area contributed by atoms with Gasteiger partial charge in [-0.25, -0.2) is 9.78 Å². The first-order chi connectivity index (χ1) is 10.7. The molecule has 0 unspecified atom stereocenters. The molecule has 0 saturated heterocycles. The number of rotatable bonds is 3. The molecule has 1 aromatic carbocycles. The summed E-state index contributed by atoms with van der Waals surface area (Å²) in [6.45, 7) is 2.22. The fourth-order valence-electron chi connectivity index (χ4n) is 2.84. The average Bonchev–Trinajstić information content (AvgIpc) is 3.09. The van der Waals surface area contributed by atoms with Crippen LogP contribution in [0.4, 0.5) is 0 Å². The van der Waals surface area contributed by atoms with Crippen molar-refractivity contribution < 1.29 is 9.90 Å². The number of carbonyl (C=O) groups is 1. The molecular weight excluding hydrogens is 300 g/mol. The standard InChI is InChI=1S/C15H14N4O2S/c20-15(21)14-9-7-19(6-5-10(9)17-18-14)8-13-16-11-3-1-2-4-12(11)22-13/h1-4H,5-8H2,(H,17,18)(H,20,21). The number of nitrogens with zero attached hydrogens (tertiary/aromatic N) is 3. The van der Waals surface area contributed by atoms with Gasteiger partial charge in [0, 0.05) is 30.8 Å². The SMILES string of the molecule is O=C(O)c1n[nH]c2c1CN(Cc1nc3ccccc3s1)CC2. The maximum atomic E-state index is 11.2. The van der Waals surface area contributed by atoms with Crippen LogP contribution in [0, 0.1) is 0 Å². The Morgan fingerprint density at radius 2 is 2.27 bits per heavy atom. The summed E-state index contributed by atoms with van der Waals surface area (Å²) in [5.74, 6) is -0.973. The highest BCUT2D eigenvalue weighted by Gasteiger charge is 2.25. The van der Waals surface area contributed by atoms with Crippen molar-refractivity contribution in [3.05, 3.63) is 46.2 Å². The predicted octanol–water partition coefficient (Wildman–Crippen LogP) is 2.28. The molecule has 6 nitrogen and oxygen atoms in total. The van der Waals surface area contributed by atoms with Crippen LogP contribution in [0.2, 0.25) is 0 Å². The van der Waals surface area contributed by atoms with Crippen LogP contribution in [0.3, 0.4) is 0 Å². The lowest BCUT2D eigenvalue weighted by atomic mass is 10.1. The van der Waals surface area contributed by atoms with Gasteiger partial charge in [0.05, 0.1) is 16.8 Å². The molecule has 22 heavy (non-hydrogen) atoms. The average molecular weight is 314 g/mol. The number of benzene rings is 1. The number of hydrogen-bond donors (Lipinski definition) is 2. The van der Waals surface area contributed by atoms with Crippen LogP contribution in [0.15, 0.2) is 24.3 Å². The molecular formula is C15H14N4O2S. The van der Waals surface area contributed by atoms with E-state index >= 15 is 0 Å². The van der Waals surface area contributed by atoms with Gasteiger partial charge < -0.3 is 5.11 Å². The topological polar surface area (TPSA) is 82.1 Å². The fourth-order valence-corrected chi connectivity index (χ4v) is 3.85. The molecule has 0 amide bonds. The lowest BCUT2D eigenvalue weighted by Crippen LogP contribution is -2.30. The maximum Gasteiger partial charge on any atom is 0.356 e. The van der Waals surface area contributed by atoms with E-state index in [4.69, 9.17) is 0 Å². The molecule has 3 heterocycles. The van der Waals surface area contributed by atoms with E-state index in [9.17, 15) is 9.90 Å². The zero-order chi connectivity index (χ0) is 15.1. The molecule has 1 aliphatic rings. The Bertz CT molecular complexity index is 821. The van der Waals surface area contributed by atoms with Crippen LogP contribution >= 0.6 is 11.3 Å². The molecule has 0 fully saturated rings. The number of aromatic amines is 1. The normalized spacial score (nSPS) is 15.1. The highest BCUT2D eigenvalue weighted by Crippen LogP contribution is 2.26. The van der Waals surface area contributed by atoms with Crippen LogP contribution in [0.5, 0.6) is 0 Å². The fraction of sp³-hybridized carbons (Fsp3) is 0.267. The molecule has 112 valence electrons. The molecule has 2 aromatic heterocycles. The number of H-pyrrole nitrogens is 1. The number of para-hydroxylation sites is 1. The van der Waals surface area contributed by atoms with Crippen LogP contribution in [0.1, 0.15) is 26.8 Å². The second-order valence-electron chi connectivity index (χ2n) is 5.37. The van der Waals surface area contributed by atoms with Crippen LogP contribution < -0.4 is 0 Å². The molecule has 0 bridgehead atoms. The second kappa shape index (κ2) is 5.19. The van der Waals surface area contributed by atoms with Crippen LogP contribution in [-0.2, 0) is 19.5 Å². The predicted molar refractivity (Wildman–Crippen MR) is 83.0 cm³/mol. The monoisotopic (exact) mass is 314 g/mol. The van der Waals surface area contributed by atoms with Gasteiger partial charge in [-0.3, -0.25) is 10.00 Å². The van der Waals surface area contributed by atoms with Crippen LogP contribution in [0.25, 0.3) is 10.2 Å². The Balaban J connectivity index is 1.57. The van der Waals surface area contributed by atoms with Gasteiger partial charge in [-0.2, -0.15) is 5.10 Å². The van der Waals surface area contributed by atoms with Crippen molar-refractivity contribution in [2.75, 3.05) is 6.54 Å². The van der Waals surface area contributed by atoms with Crippen molar-refractivity contribution in [1.29, 1.82) is 0 Å². The van der Waals surface area contributed by atoms with E-state index in [1.165, 1.54) is 4.70 Å². The zero-order valence-electron chi connectivity index (χ0n) is 11.7. The number of hydrogen-bond acceptors (Lipinski definition) is 5. The highest BCUT2D eigenvalue weighted by atomic mass is 32.1. The summed E-state index contributed by atoms with van der Waals surface area (Å²) in [7, 11) is 0. The van der Waals surface area contributed by atoms with Crippen LogP contribution in [-0.4, -0.2) is 37.7 Å². The Morgan fingerprint density at radius 1 is 1.41 bits per heavy atom. The van der Waals surface area contributed by atoms with Gasteiger partial charge in [-0.05, 0) is 12.1 Å². The molecule has 3 aromatic rings. The van der Waals surface area contributed by atoms with Gasteiger partial charge in [0.1, 0.15) is 5.01 Å². The quantitative estimate of drug-likeness (QED) is 0.775. The minimum atomic E-state index is -0.973. The number of thiazole rings is 1. The van der Waals surface area contributed by atoms with Crippen molar-refractivity contribution in [2.45, 2.75) is 19.5 Å².